The van der Waals surface area contributed by atoms with Crippen molar-refractivity contribution in [2.24, 2.45) is 0 Å². The number of hydrogen-bond acceptors (Lipinski definition) is 4. The van der Waals surface area contributed by atoms with Crippen LogP contribution in [-0.2, 0) is 19.7 Å². The molecular formula is C5H7F3O4S2. The number of sulfone groups is 2. The summed E-state index contributed by atoms with van der Waals surface area (Å²) in [5.74, 6) is 0. The Labute approximate surface area is 78.9 Å². The third-order valence-corrected chi connectivity index (χ3v) is 8.25. The fraction of sp³-hybridized carbons (Fsp3) is 1.00. The molecule has 0 saturated carbocycles. The van der Waals surface area contributed by atoms with Crippen molar-refractivity contribution in [1.29, 1.82) is 0 Å². The Morgan fingerprint density at radius 3 is 1.79 bits per heavy atom. The Morgan fingerprint density at radius 1 is 1.07 bits per heavy atom. The van der Waals surface area contributed by atoms with Crippen LogP contribution in [0.5, 0.6) is 0 Å². The van der Waals surface area contributed by atoms with Crippen molar-refractivity contribution in [3.63, 3.8) is 0 Å². The molecular weight excluding hydrogens is 245 g/mol. The van der Waals surface area contributed by atoms with Gasteiger partial charge in [0.25, 0.3) is 0 Å². The molecule has 0 aromatic heterocycles. The lowest BCUT2D eigenvalue weighted by molar-refractivity contribution is -0.134. The van der Waals surface area contributed by atoms with E-state index in [1.165, 1.54) is 0 Å². The lowest BCUT2D eigenvalue weighted by atomic mass is 10.3. The predicted octanol–water partition coefficient (Wildman–Crippen LogP) is 0.456. The van der Waals surface area contributed by atoms with Crippen molar-refractivity contribution < 1.29 is 30.0 Å². The fourth-order valence-corrected chi connectivity index (χ4v) is 6.36. The second-order valence-electron chi connectivity index (χ2n) is 3.03. The molecule has 9 heteroatoms. The molecule has 0 radical (unpaired) electrons. The first-order chi connectivity index (χ1) is 6.05. The number of hydrogen-bond donors (Lipinski definition) is 0. The van der Waals surface area contributed by atoms with Gasteiger partial charge in [-0.05, 0) is 6.42 Å². The van der Waals surface area contributed by atoms with Crippen LogP contribution in [0.2, 0.25) is 0 Å². The Hall–Kier alpha value is -0.310. The van der Waals surface area contributed by atoms with Gasteiger partial charge in [-0.15, -0.1) is 0 Å². The summed E-state index contributed by atoms with van der Waals surface area (Å²) >= 11 is 0. The minimum Gasteiger partial charge on any atom is -0.226 e. The maximum Gasteiger partial charge on any atom is 0.389 e. The summed E-state index contributed by atoms with van der Waals surface area (Å²) in [7, 11) is -7.68. The molecule has 84 valence electrons. The molecule has 0 aliphatic carbocycles. The first-order valence-corrected chi connectivity index (χ1v) is 6.98. The van der Waals surface area contributed by atoms with Crippen LogP contribution in [-0.4, -0.2) is 32.7 Å². The average molecular weight is 252 g/mol. The maximum absolute atomic E-state index is 11.7. The Morgan fingerprint density at radius 2 is 1.50 bits per heavy atom. The molecule has 0 unspecified atom stereocenters. The van der Waals surface area contributed by atoms with E-state index in [-0.39, 0.29) is 0 Å². The van der Waals surface area contributed by atoms with Gasteiger partial charge >= 0.3 is 6.18 Å². The van der Waals surface area contributed by atoms with Crippen LogP contribution in [0.1, 0.15) is 12.8 Å². The van der Waals surface area contributed by atoms with Gasteiger partial charge in [0.1, 0.15) is 0 Å². The van der Waals surface area contributed by atoms with Crippen molar-refractivity contribution >= 4 is 19.7 Å². The number of halogens is 3. The molecule has 14 heavy (non-hydrogen) atoms. The monoisotopic (exact) mass is 252 g/mol. The van der Waals surface area contributed by atoms with Crippen molar-refractivity contribution in [1.82, 2.24) is 0 Å². The predicted molar refractivity (Wildman–Crippen MR) is 41.8 cm³/mol. The van der Waals surface area contributed by atoms with Crippen molar-refractivity contribution in [2.45, 2.75) is 23.6 Å². The van der Waals surface area contributed by atoms with Gasteiger partial charge in [-0.3, -0.25) is 0 Å². The van der Waals surface area contributed by atoms with E-state index in [4.69, 9.17) is 0 Å². The summed E-state index contributed by atoms with van der Waals surface area (Å²) in [6, 6.07) is 0. The van der Waals surface area contributed by atoms with Crippen molar-refractivity contribution in [3.05, 3.63) is 0 Å². The van der Waals surface area contributed by atoms with Gasteiger partial charge in [0.05, 0.1) is 0 Å². The molecule has 4 nitrogen and oxygen atoms in total. The van der Waals surface area contributed by atoms with E-state index >= 15 is 0 Å². The SMILES string of the molecule is O=S1(=O)CS(=O)(=O)C1CCC(F)(F)F. The quantitative estimate of drug-likeness (QED) is 0.715. The molecule has 0 amide bonds. The van der Waals surface area contributed by atoms with Crippen LogP contribution in [0.4, 0.5) is 13.2 Å². The molecule has 1 rings (SSSR count). The molecule has 1 aliphatic rings. The highest BCUT2D eigenvalue weighted by Gasteiger charge is 2.51. The summed E-state index contributed by atoms with van der Waals surface area (Å²) < 4.78 is 76.4. The minimum absolute atomic E-state index is 0.895. The highest BCUT2D eigenvalue weighted by atomic mass is 32.3. The molecule has 0 bridgehead atoms. The smallest absolute Gasteiger partial charge is 0.226 e. The van der Waals surface area contributed by atoms with E-state index in [1.807, 2.05) is 0 Å². The second-order valence-corrected chi connectivity index (χ2v) is 8.06. The summed E-state index contributed by atoms with van der Waals surface area (Å²) in [6.45, 7) is 0. The Kier molecular flexibility index (Phi) is 2.60. The summed E-state index contributed by atoms with van der Waals surface area (Å²) in [5, 5.41) is -1.03. The first-order valence-electron chi connectivity index (χ1n) is 3.54. The average Bonchev–Trinajstić information content (AvgIpc) is 1.78. The number of alkyl halides is 3. The van der Waals surface area contributed by atoms with Gasteiger partial charge in [0, 0.05) is 6.42 Å². The summed E-state index contributed by atoms with van der Waals surface area (Å²) in [5.41, 5.74) is 0. The van der Waals surface area contributed by atoms with Crippen molar-refractivity contribution in [2.75, 3.05) is 5.08 Å². The molecule has 0 spiro atoms. The molecule has 1 fully saturated rings. The zero-order valence-corrected chi connectivity index (χ0v) is 8.42. The first kappa shape index (κ1) is 11.8. The van der Waals surface area contributed by atoms with Gasteiger partial charge < -0.3 is 0 Å². The van der Waals surface area contributed by atoms with Gasteiger partial charge in [0.15, 0.2) is 29.3 Å². The minimum atomic E-state index is -4.53. The normalized spacial score (nSPS) is 25.6. The Balaban J connectivity index is 2.70. The van der Waals surface area contributed by atoms with Crippen LogP contribution >= 0.6 is 0 Å². The van der Waals surface area contributed by atoms with E-state index in [1.54, 1.807) is 0 Å². The van der Waals surface area contributed by atoms with E-state index < -0.39 is 48.4 Å². The fourth-order valence-electron chi connectivity index (χ4n) is 1.17. The van der Waals surface area contributed by atoms with E-state index in [0.717, 1.165) is 0 Å². The second kappa shape index (κ2) is 3.09. The van der Waals surface area contributed by atoms with Crippen LogP contribution in [0.3, 0.4) is 0 Å². The molecule has 0 aromatic rings. The topological polar surface area (TPSA) is 68.3 Å². The molecule has 0 atom stereocenters. The van der Waals surface area contributed by atoms with Crippen LogP contribution in [0.15, 0.2) is 0 Å². The van der Waals surface area contributed by atoms with Gasteiger partial charge in [-0.1, -0.05) is 0 Å². The zero-order valence-electron chi connectivity index (χ0n) is 6.78. The number of rotatable bonds is 2. The third kappa shape index (κ3) is 2.38. The lowest BCUT2D eigenvalue weighted by Crippen LogP contribution is -2.47. The van der Waals surface area contributed by atoms with Gasteiger partial charge in [0.2, 0.25) is 0 Å². The molecule has 0 N–H and O–H groups in total. The maximum atomic E-state index is 11.7. The van der Waals surface area contributed by atoms with Gasteiger partial charge in [-0.2, -0.15) is 13.2 Å². The summed E-state index contributed by atoms with van der Waals surface area (Å²) in [6.07, 6.45) is -6.81. The van der Waals surface area contributed by atoms with E-state index in [0.29, 0.717) is 0 Å². The largest absolute Gasteiger partial charge is 0.389 e. The molecule has 0 aromatic carbocycles. The third-order valence-electron chi connectivity index (χ3n) is 1.79. The van der Waals surface area contributed by atoms with Crippen molar-refractivity contribution in [3.8, 4) is 0 Å². The molecule has 1 heterocycles. The Bertz CT molecular complexity index is 386. The van der Waals surface area contributed by atoms with E-state index in [9.17, 15) is 30.0 Å². The molecule has 1 aliphatic heterocycles. The highest BCUT2D eigenvalue weighted by molar-refractivity contribution is 8.24. The van der Waals surface area contributed by atoms with Gasteiger partial charge in [-0.25, -0.2) is 16.8 Å². The standard InChI is InChI=1S/C5H7F3O4S2/c6-5(7,8)2-1-4-13(9,10)3-14(4,11)12/h4H,1-3H2. The van der Waals surface area contributed by atoms with Crippen LogP contribution in [0.25, 0.3) is 0 Å². The lowest BCUT2D eigenvalue weighted by Gasteiger charge is -2.26. The highest BCUT2D eigenvalue weighted by Crippen LogP contribution is 2.33. The van der Waals surface area contributed by atoms with E-state index in [2.05, 4.69) is 0 Å². The van der Waals surface area contributed by atoms with Crippen LogP contribution < -0.4 is 0 Å². The summed E-state index contributed by atoms with van der Waals surface area (Å²) in [4.78, 5) is 0. The zero-order chi connectivity index (χ0) is 11.2. The molecule has 1 saturated heterocycles. The van der Waals surface area contributed by atoms with Crippen LogP contribution in [0, 0.1) is 0 Å².